The van der Waals surface area contributed by atoms with E-state index in [1.807, 2.05) is 22.9 Å². The first-order valence-electron chi connectivity index (χ1n) is 8.71. The molecule has 2 aromatic heterocycles. The first-order chi connectivity index (χ1) is 13.2. The second kappa shape index (κ2) is 9.23. The summed E-state index contributed by atoms with van der Waals surface area (Å²) in [6.07, 6.45) is 9.27. The molecule has 140 valence electrons. The Hall–Kier alpha value is -2.80. The molecular formula is C20H24N6S. The number of aliphatic imine (C=N–C) groups is 1. The molecule has 2 N–H and O–H groups in total. The Balaban J connectivity index is 1.59. The van der Waals surface area contributed by atoms with Crippen LogP contribution in [-0.4, -0.2) is 33.8 Å². The van der Waals surface area contributed by atoms with Crippen molar-refractivity contribution in [2.45, 2.75) is 24.9 Å². The van der Waals surface area contributed by atoms with Crippen LogP contribution in [0.25, 0.3) is 5.82 Å². The molecule has 0 aliphatic heterocycles. The highest BCUT2D eigenvalue weighted by Crippen LogP contribution is 2.21. The van der Waals surface area contributed by atoms with Gasteiger partial charge < -0.3 is 10.6 Å². The lowest BCUT2D eigenvalue weighted by Gasteiger charge is -2.14. The molecule has 0 fully saturated rings. The maximum absolute atomic E-state index is 4.38. The van der Waals surface area contributed by atoms with Crippen LogP contribution < -0.4 is 10.6 Å². The third-order valence-electron chi connectivity index (χ3n) is 4.15. The maximum Gasteiger partial charge on any atom is 0.191 e. The summed E-state index contributed by atoms with van der Waals surface area (Å²) in [5, 5.41) is 6.74. The maximum atomic E-state index is 4.38. The van der Waals surface area contributed by atoms with Gasteiger partial charge in [-0.1, -0.05) is 12.1 Å². The number of hydrogen-bond donors (Lipinski definition) is 2. The predicted octanol–water partition coefficient (Wildman–Crippen LogP) is 3.16. The van der Waals surface area contributed by atoms with E-state index in [4.69, 9.17) is 0 Å². The number of aromatic nitrogens is 3. The lowest BCUT2D eigenvalue weighted by Crippen LogP contribution is -2.36. The molecule has 2 heterocycles. The average molecular weight is 381 g/mol. The van der Waals surface area contributed by atoms with E-state index >= 15 is 0 Å². The van der Waals surface area contributed by atoms with Gasteiger partial charge in [0.1, 0.15) is 12.1 Å². The number of rotatable bonds is 6. The standard InChI is InChI=1S/C20H24N6S/c1-15-4-5-17(18(10-15)27-3)13-25-20(21-2)24-12-16-6-7-23-19(11-16)26-9-8-22-14-26/h4-11,14H,12-13H2,1-3H3,(H2,21,24,25). The van der Waals surface area contributed by atoms with Gasteiger partial charge in [0.15, 0.2) is 5.96 Å². The van der Waals surface area contributed by atoms with Crippen LogP contribution in [0.5, 0.6) is 0 Å². The van der Waals surface area contributed by atoms with Crippen molar-refractivity contribution in [2.75, 3.05) is 13.3 Å². The Kier molecular flexibility index (Phi) is 6.49. The largest absolute Gasteiger partial charge is 0.352 e. The Morgan fingerprint density at radius 3 is 2.74 bits per heavy atom. The van der Waals surface area contributed by atoms with E-state index in [9.17, 15) is 0 Å². The van der Waals surface area contributed by atoms with Crippen molar-refractivity contribution in [3.63, 3.8) is 0 Å². The fourth-order valence-electron chi connectivity index (χ4n) is 2.69. The van der Waals surface area contributed by atoms with E-state index in [1.165, 1.54) is 16.0 Å². The van der Waals surface area contributed by atoms with Crippen molar-refractivity contribution in [2.24, 2.45) is 4.99 Å². The van der Waals surface area contributed by atoms with Crippen LogP contribution in [0.2, 0.25) is 0 Å². The molecule has 27 heavy (non-hydrogen) atoms. The highest BCUT2D eigenvalue weighted by molar-refractivity contribution is 7.98. The number of thioether (sulfide) groups is 1. The minimum atomic E-state index is 0.660. The third kappa shape index (κ3) is 5.10. The third-order valence-corrected chi connectivity index (χ3v) is 4.97. The van der Waals surface area contributed by atoms with Crippen molar-refractivity contribution < 1.29 is 0 Å². The number of aryl methyl sites for hydroxylation is 1. The summed E-state index contributed by atoms with van der Waals surface area (Å²) in [7, 11) is 1.78. The number of benzene rings is 1. The van der Waals surface area contributed by atoms with Gasteiger partial charge in [-0.05, 0) is 48.1 Å². The molecule has 0 atom stereocenters. The Morgan fingerprint density at radius 1 is 1.15 bits per heavy atom. The zero-order valence-corrected chi connectivity index (χ0v) is 16.6. The van der Waals surface area contributed by atoms with Crippen molar-refractivity contribution in [1.29, 1.82) is 0 Å². The number of pyridine rings is 1. The van der Waals surface area contributed by atoms with Gasteiger partial charge in [0.05, 0.1) is 0 Å². The first-order valence-corrected chi connectivity index (χ1v) is 9.93. The van der Waals surface area contributed by atoms with Crippen LogP contribution in [0.4, 0.5) is 0 Å². The van der Waals surface area contributed by atoms with Gasteiger partial charge in [0.2, 0.25) is 0 Å². The van der Waals surface area contributed by atoms with Crippen molar-refractivity contribution in [3.05, 3.63) is 71.9 Å². The molecule has 0 bridgehead atoms. The summed E-state index contributed by atoms with van der Waals surface area (Å²) in [4.78, 5) is 14.1. The fraction of sp³-hybridized carbons (Fsp3) is 0.250. The van der Waals surface area contributed by atoms with Crippen LogP contribution in [0, 0.1) is 6.92 Å². The van der Waals surface area contributed by atoms with Gasteiger partial charge in [0.25, 0.3) is 0 Å². The molecule has 6 nitrogen and oxygen atoms in total. The Bertz CT molecular complexity index is 905. The van der Waals surface area contributed by atoms with E-state index in [0.717, 1.165) is 23.9 Å². The molecule has 0 spiro atoms. The van der Waals surface area contributed by atoms with Crippen LogP contribution in [0.1, 0.15) is 16.7 Å². The summed E-state index contributed by atoms with van der Waals surface area (Å²) < 4.78 is 1.89. The highest BCUT2D eigenvalue weighted by Gasteiger charge is 2.05. The lowest BCUT2D eigenvalue weighted by atomic mass is 10.1. The molecule has 0 amide bonds. The SMILES string of the molecule is CN=C(NCc1ccnc(-n2ccnc2)c1)NCc1ccc(C)cc1SC. The number of imidazole rings is 1. The Labute approximate surface area is 164 Å². The summed E-state index contributed by atoms with van der Waals surface area (Å²) >= 11 is 1.76. The van der Waals surface area contributed by atoms with Gasteiger partial charge in [-0.3, -0.25) is 9.56 Å². The molecule has 0 aliphatic rings. The summed E-state index contributed by atoms with van der Waals surface area (Å²) in [5.74, 6) is 1.61. The van der Waals surface area contributed by atoms with Gasteiger partial charge in [-0.2, -0.15) is 0 Å². The van der Waals surface area contributed by atoms with Crippen LogP contribution in [-0.2, 0) is 13.1 Å². The average Bonchev–Trinajstić information content (AvgIpc) is 3.24. The highest BCUT2D eigenvalue weighted by atomic mass is 32.2. The number of guanidine groups is 1. The molecule has 0 saturated heterocycles. The summed E-state index contributed by atoms with van der Waals surface area (Å²) in [6, 6.07) is 10.6. The van der Waals surface area contributed by atoms with Crippen LogP contribution >= 0.6 is 11.8 Å². The van der Waals surface area contributed by atoms with Gasteiger partial charge in [-0.25, -0.2) is 9.97 Å². The predicted molar refractivity (Wildman–Crippen MR) is 111 cm³/mol. The quantitative estimate of drug-likeness (QED) is 0.391. The zero-order valence-electron chi connectivity index (χ0n) is 15.8. The van der Waals surface area contributed by atoms with Gasteiger partial charge >= 0.3 is 0 Å². The van der Waals surface area contributed by atoms with Crippen LogP contribution in [0.3, 0.4) is 0 Å². The van der Waals surface area contributed by atoms with E-state index in [1.54, 1.807) is 37.5 Å². The molecule has 0 saturated carbocycles. The minimum Gasteiger partial charge on any atom is -0.352 e. The molecule has 0 unspecified atom stereocenters. The second-order valence-electron chi connectivity index (χ2n) is 6.09. The molecule has 7 heteroatoms. The molecule has 0 radical (unpaired) electrons. The Morgan fingerprint density at radius 2 is 2.00 bits per heavy atom. The minimum absolute atomic E-state index is 0.660. The zero-order chi connectivity index (χ0) is 19.1. The molecule has 3 rings (SSSR count). The van der Waals surface area contributed by atoms with Gasteiger partial charge in [0, 0.05) is 43.6 Å². The second-order valence-corrected chi connectivity index (χ2v) is 6.93. The van der Waals surface area contributed by atoms with Crippen molar-refractivity contribution in [3.8, 4) is 5.82 Å². The summed E-state index contributed by atoms with van der Waals surface area (Å²) in [6.45, 7) is 3.50. The molecular weight excluding hydrogens is 356 g/mol. The number of hydrogen-bond acceptors (Lipinski definition) is 4. The molecule has 0 aliphatic carbocycles. The van der Waals surface area contributed by atoms with E-state index < -0.39 is 0 Å². The van der Waals surface area contributed by atoms with E-state index in [0.29, 0.717) is 6.54 Å². The summed E-state index contributed by atoms with van der Waals surface area (Å²) in [5.41, 5.74) is 3.66. The van der Waals surface area contributed by atoms with Gasteiger partial charge in [-0.15, -0.1) is 11.8 Å². The van der Waals surface area contributed by atoms with Crippen LogP contribution in [0.15, 0.2) is 65.1 Å². The molecule has 1 aromatic carbocycles. The van der Waals surface area contributed by atoms with E-state index in [-0.39, 0.29) is 0 Å². The van der Waals surface area contributed by atoms with Crippen molar-refractivity contribution in [1.82, 2.24) is 25.2 Å². The normalized spacial score (nSPS) is 11.4. The first kappa shape index (κ1) is 19.0. The number of nitrogens with one attached hydrogen (secondary N) is 2. The van der Waals surface area contributed by atoms with E-state index in [2.05, 4.69) is 57.0 Å². The lowest BCUT2D eigenvalue weighted by molar-refractivity contribution is 0.799. The topological polar surface area (TPSA) is 67.1 Å². The van der Waals surface area contributed by atoms with Crippen molar-refractivity contribution >= 4 is 17.7 Å². The smallest absolute Gasteiger partial charge is 0.191 e. The molecule has 3 aromatic rings. The fourth-order valence-corrected chi connectivity index (χ4v) is 3.40. The monoisotopic (exact) mass is 380 g/mol. The number of nitrogens with zero attached hydrogens (tertiary/aromatic N) is 4.